The maximum atomic E-state index is 13.2. The van der Waals surface area contributed by atoms with E-state index in [0.717, 1.165) is 22.4 Å². The van der Waals surface area contributed by atoms with Gasteiger partial charge in [-0.3, -0.25) is 9.10 Å². The third-order valence-electron chi connectivity index (χ3n) is 6.85. The number of carbonyl (C=O) groups excluding carboxylic acids is 1. The van der Waals surface area contributed by atoms with Gasteiger partial charge in [0.2, 0.25) is 10.0 Å². The first-order valence-electron chi connectivity index (χ1n) is 13.4. The standard InChI is InChI=1S/C33H32N2O5S/c1-23-15-17-25(18-16-23)32-31(33(36)34-2)28-21-27(24-11-6-4-7-12-24)29(22-30(28)40-32)35(41(3,37)38)19-10-20-39-26-13-8-5-9-14-26/h4-9,11-18,21-22H,10,19-20H2,1-3H3,(H,34,36). The van der Waals surface area contributed by atoms with Crippen LogP contribution >= 0.6 is 0 Å². The molecule has 1 heterocycles. The van der Waals surface area contributed by atoms with Gasteiger partial charge in [-0.2, -0.15) is 0 Å². The fourth-order valence-corrected chi connectivity index (χ4v) is 5.80. The molecule has 0 aliphatic rings. The summed E-state index contributed by atoms with van der Waals surface area (Å²) in [5.41, 5.74) is 4.62. The van der Waals surface area contributed by atoms with Gasteiger partial charge >= 0.3 is 0 Å². The molecule has 0 fully saturated rings. The zero-order valence-electron chi connectivity index (χ0n) is 23.3. The first kappa shape index (κ1) is 28.0. The first-order chi connectivity index (χ1) is 19.8. The van der Waals surface area contributed by atoms with E-state index in [1.807, 2.05) is 97.9 Å². The molecule has 0 radical (unpaired) electrons. The van der Waals surface area contributed by atoms with Gasteiger partial charge in [0.1, 0.15) is 17.1 Å². The smallest absolute Gasteiger partial charge is 0.255 e. The van der Waals surface area contributed by atoms with Crippen LogP contribution in [0.5, 0.6) is 5.75 Å². The summed E-state index contributed by atoms with van der Waals surface area (Å²) in [4.78, 5) is 13.2. The predicted molar refractivity (Wildman–Crippen MR) is 164 cm³/mol. The molecule has 1 amide bonds. The summed E-state index contributed by atoms with van der Waals surface area (Å²) in [6.45, 7) is 2.54. The van der Waals surface area contributed by atoms with Gasteiger partial charge in [0.05, 0.1) is 24.1 Å². The van der Waals surface area contributed by atoms with Crippen molar-refractivity contribution in [3.63, 3.8) is 0 Å². The van der Waals surface area contributed by atoms with Crippen molar-refractivity contribution in [2.75, 3.05) is 30.8 Å². The Hall–Kier alpha value is -4.56. The third-order valence-corrected chi connectivity index (χ3v) is 8.03. The van der Waals surface area contributed by atoms with Crippen LogP contribution in [0.1, 0.15) is 22.3 Å². The molecular formula is C33H32N2O5S. The molecule has 0 bridgehead atoms. The highest BCUT2D eigenvalue weighted by molar-refractivity contribution is 7.92. The van der Waals surface area contributed by atoms with E-state index >= 15 is 0 Å². The molecule has 41 heavy (non-hydrogen) atoms. The molecule has 1 aromatic heterocycles. The van der Waals surface area contributed by atoms with Gasteiger partial charge in [0, 0.05) is 42.6 Å². The SMILES string of the molecule is CNC(=O)c1c(-c2ccc(C)cc2)oc2cc(N(CCCOc3ccccc3)S(C)(=O)=O)c(-c3ccccc3)cc12. The van der Waals surface area contributed by atoms with Gasteiger partial charge in [-0.25, -0.2) is 8.42 Å². The zero-order valence-corrected chi connectivity index (χ0v) is 24.1. The molecule has 1 N–H and O–H groups in total. The van der Waals surface area contributed by atoms with E-state index < -0.39 is 10.0 Å². The quantitative estimate of drug-likeness (QED) is 0.190. The van der Waals surface area contributed by atoms with Crippen molar-refractivity contribution in [1.29, 1.82) is 0 Å². The molecular weight excluding hydrogens is 536 g/mol. The minimum Gasteiger partial charge on any atom is -0.494 e. The van der Waals surface area contributed by atoms with Crippen molar-refractivity contribution in [2.45, 2.75) is 13.3 Å². The zero-order chi connectivity index (χ0) is 29.0. The topological polar surface area (TPSA) is 88.8 Å². The Bertz CT molecular complexity index is 1760. The second-order valence-electron chi connectivity index (χ2n) is 9.83. The molecule has 5 rings (SSSR count). The second-order valence-corrected chi connectivity index (χ2v) is 11.7. The Morgan fingerprint density at radius 2 is 1.56 bits per heavy atom. The number of sulfonamides is 1. The first-order valence-corrected chi connectivity index (χ1v) is 15.2. The van der Waals surface area contributed by atoms with Crippen molar-refractivity contribution < 1.29 is 22.4 Å². The van der Waals surface area contributed by atoms with Gasteiger partial charge in [-0.15, -0.1) is 0 Å². The molecule has 0 aliphatic carbocycles. The van der Waals surface area contributed by atoms with E-state index in [-0.39, 0.29) is 12.5 Å². The summed E-state index contributed by atoms with van der Waals surface area (Å²) in [5.74, 6) is 0.868. The minimum absolute atomic E-state index is 0.199. The lowest BCUT2D eigenvalue weighted by atomic mass is 9.98. The van der Waals surface area contributed by atoms with Crippen LogP contribution < -0.4 is 14.4 Å². The molecule has 0 atom stereocenters. The van der Waals surface area contributed by atoms with Gasteiger partial charge in [0.15, 0.2) is 0 Å². The molecule has 5 aromatic rings. The Labute approximate surface area is 240 Å². The number of ether oxygens (including phenoxy) is 1. The Morgan fingerprint density at radius 3 is 2.20 bits per heavy atom. The van der Waals surface area contributed by atoms with Gasteiger partial charge < -0.3 is 14.5 Å². The number of fused-ring (bicyclic) bond motifs is 1. The van der Waals surface area contributed by atoms with E-state index in [0.29, 0.717) is 46.6 Å². The van der Waals surface area contributed by atoms with Crippen LogP contribution in [0.25, 0.3) is 33.4 Å². The average Bonchev–Trinajstić information content (AvgIpc) is 3.35. The molecule has 0 saturated heterocycles. The number of benzene rings is 4. The van der Waals surface area contributed by atoms with E-state index in [9.17, 15) is 13.2 Å². The lowest BCUT2D eigenvalue weighted by Gasteiger charge is -2.25. The number of para-hydroxylation sites is 1. The second kappa shape index (κ2) is 11.9. The molecule has 0 unspecified atom stereocenters. The Balaban J connectivity index is 1.64. The van der Waals surface area contributed by atoms with Gasteiger partial charge in [-0.05, 0) is 30.7 Å². The summed E-state index contributed by atoms with van der Waals surface area (Å²) in [6, 6.07) is 30.3. The molecule has 4 aromatic carbocycles. The normalized spacial score (nSPS) is 11.4. The van der Waals surface area contributed by atoms with E-state index in [2.05, 4.69) is 5.32 Å². The maximum absolute atomic E-state index is 13.2. The van der Waals surface area contributed by atoms with E-state index in [4.69, 9.17) is 9.15 Å². The average molecular weight is 569 g/mol. The number of nitrogens with zero attached hydrogens (tertiary/aromatic N) is 1. The lowest BCUT2D eigenvalue weighted by Crippen LogP contribution is -2.32. The summed E-state index contributed by atoms with van der Waals surface area (Å²) in [5, 5.41) is 3.33. The van der Waals surface area contributed by atoms with Crippen LogP contribution in [0.2, 0.25) is 0 Å². The lowest BCUT2D eigenvalue weighted by molar-refractivity contribution is 0.0964. The van der Waals surface area contributed by atoms with Crippen LogP contribution in [0.4, 0.5) is 5.69 Å². The van der Waals surface area contributed by atoms with Gasteiger partial charge in [-0.1, -0.05) is 78.4 Å². The summed E-state index contributed by atoms with van der Waals surface area (Å²) in [6.07, 6.45) is 1.66. The minimum atomic E-state index is -3.69. The highest BCUT2D eigenvalue weighted by atomic mass is 32.2. The number of carbonyl (C=O) groups is 1. The molecule has 0 aliphatic heterocycles. The van der Waals surface area contributed by atoms with E-state index in [1.54, 1.807) is 13.1 Å². The maximum Gasteiger partial charge on any atom is 0.255 e. The Kier molecular flexibility index (Phi) is 8.12. The van der Waals surface area contributed by atoms with Crippen LogP contribution in [0, 0.1) is 6.92 Å². The molecule has 210 valence electrons. The fourth-order valence-electron chi connectivity index (χ4n) is 4.83. The van der Waals surface area contributed by atoms with Crippen LogP contribution in [0.3, 0.4) is 0 Å². The van der Waals surface area contributed by atoms with Crippen molar-refractivity contribution >= 4 is 32.6 Å². The monoisotopic (exact) mass is 568 g/mol. The number of aryl methyl sites for hydroxylation is 1. The summed E-state index contributed by atoms with van der Waals surface area (Å²) < 4.78 is 39.9. The number of hydrogen-bond acceptors (Lipinski definition) is 5. The van der Waals surface area contributed by atoms with Crippen molar-refractivity contribution in [3.8, 4) is 28.2 Å². The fraction of sp³-hybridized carbons (Fsp3) is 0.182. The number of furan rings is 1. The molecule has 7 nitrogen and oxygen atoms in total. The highest BCUT2D eigenvalue weighted by Gasteiger charge is 2.27. The number of anilines is 1. The number of hydrogen-bond donors (Lipinski definition) is 1. The molecule has 8 heteroatoms. The van der Waals surface area contributed by atoms with Crippen LogP contribution in [0.15, 0.2) is 101 Å². The Morgan fingerprint density at radius 1 is 0.902 bits per heavy atom. The molecule has 0 saturated carbocycles. The summed E-state index contributed by atoms with van der Waals surface area (Å²) >= 11 is 0. The van der Waals surface area contributed by atoms with Crippen molar-refractivity contribution in [2.24, 2.45) is 0 Å². The van der Waals surface area contributed by atoms with E-state index in [1.165, 1.54) is 10.6 Å². The third kappa shape index (κ3) is 6.12. The number of nitrogens with one attached hydrogen (secondary N) is 1. The van der Waals surface area contributed by atoms with Crippen molar-refractivity contribution in [1.82, 2.24) is 5.32 Å². The van der Waals surface area contributed by atoms with Gasteiger partial charge in [0.25, 0.3) is 5.91 Å². The predicted octanol–water partition coefficient (Wildman–Crippen LogP) is 6.67. The van der Waals surface area contributed by atoms with Crippen LogP contribution in [-0.2, 0) is 10.0 Å². The van der Waals surface area contributed by atoms with Crippen LogP contribution in [-0.4, -0.2) is 40.8 Å². The highest BCUT2D eigenvalue weighted by Crippen LogP contribution is 2.41. The van der Waals surface area contributed by atoms with Crippen molar-refractivity contribution in [3.05, 3.63) is 108 Å². The number of rotatable bonds is 10. The molecule has 0 spiro atoms. The largest absolute Gasteiger partial charge is 0.494 e. The number of amides is 1. The summed E-state index contributed by atoms with van der Waals surface area (Å²) in [7, 11) is -2.11.